The number of esters is 1. The second-order valence-corrected chi connectivity index (χ2v) is 4.97. The van der Waals surface area contributed by atoms with Gasteiger partial charge in [-0.05, 0) is 19.1 Å². The summed E-state index contributed by atoms with van der Waals surface area (Å²) in [5.74, 6) is -0.104. The largest absolute Gasteiger partial charge is 0.423 e. The highest BCUT2D eigenvalue weighted by Crippen LogP contribution is 2.27. The van der Waals surface area contributed by atoms with E-state index in [-0.39, 0.29) is 17.0 Å². The molecule has 0 bridgehead atoms. The first-order valence-corrected chi connectivity index (χ1v) is 7.04. The number of aryl methyl sites for hydroxylation is 1. The van der Waals surface area contributed by atoms with Crippen molar-refractivity contribution in [1.82, 2.24) is 5.16 Å². The van der Waals surface area contributed by atoms with Crippen LogP contribution in [0.15, 0.2) is 59.1 Å². The Morgan fingerprint density at radius 3 is 2.42 bits per heavy atom. The van der Waals surface area contributed by atoms with Crippen molar-refractivity contribution in [2.45, 2.75) is 6.92 Å². The monoisotopic (exact) mass is 324 g/mol. The maximum absolute atomic E-state index is 12.5. The third-order valence-electron chi connectivity index (χ3n) is 3.37. The van der Waals surface area contributed by atoms with E-state index < -0.39 is 10.9 Å². The van der Waals surface area contributed by atoms with Crippen molar-refractivity contribution < 1.29 is 19.0 Å². The van der Waals surface area contributed by atoms with Crippen LogP contribution in [0.5, 0.6) is 5.75 Å². The summed E-state index contributed by atoms with van der Waals surface area (Å²) in [6.45, 7) is 1.62. The number of carbonyl (C=O) groups excluding carboxylic acids is 1. The number of hydrogen-bond acceptors (Lipinski definition) is 6. The molecule has 2 aromatic carbocycles. The van der Waals surface area contributed by atoms with E-state index in [0.717, 1.165) is 5.56 Å². The van der Waals surface area contributed by atoms with E-state index in [9.17, 15) is 14.9 Å². The lowest BCUT2D eigenvalue weighted by Gasteiger charge is -2.04. The molecule has 3 rings (SSSR count). The van der Waals surface area contributed by atoms with Crippen LogP contribution in [0.4, 0.5) is 5.69 Å². The van der Waals surface area contributed by atoms with Crippen LogP contribution in [0.3, 0.4) is 0 Å². The zero-order chi connectivity index (χ0) is 17.1. The third kappa shape index (κ3) is 3.00. The molecule has 7 nitrogen and oxygen atoms in total. The molecule has 0 aliphatic rings. The number of benzene rings is 2. The van der Waals surface area contributed by atoms with Gasteiger partial charge < -0.3 is 9.26 Å². The van der Waals surface area contributed by atoms with Gasteiger partial charge in [-0.3, -0.25) is 10.1 Å². The molecule has 0 aliphatic heterocycles. The maximum atomic E-state index is 12.5. The van der Waals surface area contributed by atoms with E-state index in [1.807, 2.05) is 18.2 Å². The smallest absolute Gasteiger partial charge is 0.349 e. The third-order valence-corrected chi connectivity index (χ3v) is 3.37. The highest BCUT2D eigenvalue weighted by atomic mass is 16.6. The second-order valence-electron chi connectivity index (χ2n) is 4.97. The summed E-state index contributed by atoms with van der Waals surface area (Å²) in [4.78, 5) is 22.6. The Balaban J connectivity index is 1.88. The summed E-state index contributed by atoms with van der Waals surface area (Å²) in [5.41, 5.74) is 1.26. The quantitative estimate of drug-likeness (QED) is 0.314. The predicted octanol–water partition coefficient (Wildman–Crippen LogP) is 3.78. The van der Waals surface area contributed by atoms with Crippen LogP contribution in [-0.2, 0) is 0 Å². The molecule has 24 heavy (non-hydrogen) atoms. The fourth-order valence-corrected chi connectivity index (χ4v) is 2.20. The zero-order valence-electron chi connectivity index (χ0n) is 12.6. The molecule has 7 heteroatoms. The molecule has 0 amide bonds. The van der Waals surface area contributed by atoms with Crippen LogP contribution in [0, 0.1) is 17.0 Å². The number of nitrogens with zero attached hydrogens (tertiary/aromatic N) is 2. The zero-order valence-corrected chi connectivity index (χ0v) is 12.6. The molecule has 0 saturated heterocycles. The number of ether oxygens (including phenoxy) is 1. The summed E-state index contributed by atoms with van der Waals surface area (Å²) in [5, 5.41) is 14.6. The van der Waals surface area contributed by atoms with E-state index in [2.05, 4.69) is 5.16 Å². The predicted molar refractivity (Wildman–Crippen MR) is 84.7 cm³/mol. The van der Waals surface area contributed by atoms with Gasteiger partial charge in [-0.25, -0.2) is 4.79 Å². The Morgan fingerprint density at radius 1 is 1.12 bits per heavy atom. The van der Waals surface area contributed by atoms with Gasteiger partial charge in [-0.1, -0.05) is 35.5 Å². The van der Waals surface area contributed by atoms with Crippen LogP contribution in [-0.4, -0.2) is 16.0 Å². The van der Waals surface area contributed by atoms with Crippen molar-refractivity contribution in [2.75, 3.05) is 0 Å². The highest BCUT2D eigenvalue weighted by molar-refractivity contribution is 5.98. The van der Waals surface area contributed by atoms with Gasteiger partial charge in [0.1, 0.15) is 22.8 Å². The molecule has 0 spiro atoms. The van der Waals surface area contributed by atoms with Gasteiger partial charge >= 0.3 is 5.97 Å². The lowest BCUT2D eigenvalue weighted by atomic mass is 10.1. The average Bonchev–Trinajstić information content (AvgIpc) is 2.98. The van der Waals surface area contributed by atoms with Crippen molar-refractivity contribution in [2.24, 2.45) is 0 Å². The SMILES string of the molecule is Cc1onc(-c2ccccc2)c1C(=O)Oc1ccc([N+](=O)[O-])cc1. The minimum atomic E-state index is -0.638. The first-order valence-electron chi connectivity index (χ1n) is 7.04. The Labute approximate surface area is 136 Å². The summed E-state index contributed by atoms with van der Waals surface area (Å²) >= 11 is 0. The summed E-state index contributed by atoms with van der Waals surface area (Å²) < 4.78 is 10.4. The molecule has 0 fully saturated rings. The minimum Gasteiger partial charge on any atom is -0.423 e. The molecular weight excluding hydrogens is 312 g/mol. The van der Waals surface area contributed by atoms with E-state index in [1.54, 1.807) is 19.1 Å². The van der Waals surface area contributed by atoms with Gasteiger partial charge in [-0.15, -0.1) is 0 Å². The summed E-state index contributed by atoms with van der Waals surface area (Å²) in [7, 11) is 0. The lowest BCUT2D eigenvalue weighted by Crippen LogP contribution is -2.10. The first kappa shape index (κ1) is 15.4. The van der Waals surface area contributed by atoms with Gasteiger partial charge in [-0.2, -0.15) is 0 Å². The number of hydrogen-bond donors (Lipinski definition) is 0. The second kappa shape index (κ2) is 6.33. The van der Waals surface area contributed by atoms with Crippen molar-refractivity contribution in [3.05, 3.63) is 76.0 Å². The number of rotatable bonds is 4. The van der Waals surface area contributed by atoms with E-state index in [4.69, 9.17) is 9.26 Å². The lowest BCUT2D eigenvalue weighted by molar-refractivity contribution is -0.384. The molecule has 0 aliphatic carbocycles. The average molecular weight is 324 g/mol. The van der Waals surface area contributed by atoms with Crippen LogP contribution >= 0.6 is 0 Å². The molecule has 120 valence electrons. The Hall–Kier alpha value is -3.48. The van der Waals surface area contributed by atoms with Gasteiger partial charge in [0.05, 0.1) is 4.92 Å². The Morgan fingerprint density at radius 2 is 1.79 bits per heavy atom. The van der Waals surface area contributed by atoms with E-state index in [0.29, 0.717) is 11.5 Å². The van der Waals surface area contributed by atoms with Crippen LogP contribution in [0.1, 0.15) is 16.1 Å². The maximum Gasteiger partial charge on any atom is 0.349 e. The standard InChI is InChI=1S/C17H12N2O5/c1-11-15(16(18-24-11)12-5-3-2-4-6-12)17(20)23-14-9-7-13(8-10-14)19(21)22/h2-10H,1H3. The molecule has 0 N–H and O–H groups in total. The number of non-ortho nitro benzene ring substituents is 1. The van der Waals surface area contributed by atoms with E-state index >= 15 is 0 Å². The number of carbonyl (C=O) groups is 1. The van der Waals surface area contributed by atoms with Crippen LogP contribution < -0.4 is 4.74 Å². The fraction of sp³-hybridized carbons (Fsp3) is 0.0588. The van der Waals surface area contributed by atoms with E-state index in [1.165, 1.54) is 24.3 Å². The topological polar surface area (TPSA) is 95.5 Å². The molecular formula is C17H12N2O5. The Kier molecular flexibility index (Phi) is 4.07. The molecule has 0 saturated carbocycles. The Bertz CT molecular complexity index is 885. The van der Waals surface area contributed by atoms with Gasteiger partial charge in [0.2, 0.25) is 0 Å². The number of aromatic nitrogens is 1. The molecule has 0 atom stereocenters. The van der Waals surface area contributed by atoms with Crippen molar-refractivity contribution in [3.8, 4) is 17.0 Å². The number of nitro groups is 1. The van der Waals surface area contributed by atoms with Crippen molar-refractivity contribution in [3.63, 3.8) is 0 Å². The fourth-order valence-electron chi connectivity index (χ4n) is 2.20. The highest BCUT2D eigenvalue weighted by Gasteiger charge is 2.23. The minimum absolute atomic E-state index is 0.0825. The van der Waals surface area contributed by atoms with Gasteiger partial charge in [0.15, 0.2) is 0 Å². The van der Waals surface area contributed by atoms with Crippen molar-refractivity contribution in [1.29, 1.82) is 0 Å². The molecule has 0 radical (unpaired) electrons. The molecule has 0 unspecified atom stereocenters. The summed E-state index contributed by atoms with van der Waals surface area (Å²) in [6, 6.07) is 14.4. The van der Waals surface area contributed by atoms with Crippen molar-refractivity contribution >= 4 is 11.7 Å². The summed E-state index contributed by atoms with van der Waals surface area (Å²) in [6.07, 6.45) is 0. The van der Waals surface area contributed by atoms with Crippen LogP contribution in [0.25, 0.3) is 11.3 Å². The normalized spacial score (nSPS) is 10.4. The molecule has 3 aromatic rings. The van der Waals surface area contributed by atoms with Gasteiger partial charge in [0.25, 0.3) is 5.69 Å². The van der Waals surface area contributed by atoms with Gasteiger partial charge in [0, 0.05) is 17.7 Å². The van der Waals surface area contributed by atoms with Crippen LogP contribution in [0.2, 0.25) is 0 Å². The molecule has 1 aromatic heterocycles. The molecule has 1 heterocycles. The number of nitro benzene ring substituents is 1. The first-order chi connectivity index (χ1) is 11.6.